The van der Waals surface area contributed by atoms with E-state index in [0.717, 1.165) is 32.0 Å². The van der Waals surface area contributed by atoms with Crippen molar-refractivity contribution in [1.82, 2.24) is 9.80 Å². The molecule has 0 aromatic rings. The largest absolute Gasteiger partial charge is 0.379 e. The lowest BCUT2D eigenvalue weighted by atomic mass is 9.90. The molecule has 0 aliphatic carbocycles. The number of methoxy groups -OCH3 is 2. The first-order chi connectivity index (χ1) is 15.1. The minimum atomic E-state index is -0.392. The molecule has 0 bridgehead atoms. The van der Waals surface area contributed by atoms with E-state index in [1.807, 2.05) is 18.9 Å². The van der Waals surface area contributed by atoms with Gasteiger partial charge >= 0.3 is 0 Å². The number of hydrogen-bond acceptors (Lipinski definition) is 5. The highest BCUT2D eigenvalue weighted by molar-refractivity contribution is 5.78. The number of carbonyl (C=O) groups excluding carboxylic acids is 3. The Morgan fingerprint density at radius 2 is 1.81 bits per heavy atom. The van der Waals surface area contributed by atoms with Gasteiger partial charge in [0.1, 0.15) is 6.29 Å². The minimum Gasteiger partial charge on any atom is -0.379 e. The van der Waals surface area contributed by atoms with Crippen LogP contribution in [-0.4, -0.2) is 80.0 Å². The van der Waals surface area contributed by atoms with Gasteiger partial charge in [0.25, 0.3) is 0 Å². The van der Waals surface area contributed by atoms with Gasteiger partial charge in [0.2, 0.25) is 11.8 Å². The zero-order chi connectivity index (χ0) is 24.4. The van der Waals surface area contributed by atoms with Crippen molar-refractivity contribution in [2.24, 2.45) is 17.8 Å². The number of ether oxygens (including phenoxy) is 2. The van der Waals surface area contributed by atoms with Gasteiger partial charge in [-0.1, -0.05) is 41.0 Å². The van der Waals surface area contributed by atoms with Crippen molar-refractivity contribution in [2.45, 2.75) is 97.4 Å². The molecule has 7 heteroatoms. The second kappa shape index (κ2) is 13.9. The second-order valence-electron chi connectivity index (χ2n) is 9.78. The van der Waals surface area contributed by atoms with Gasteiger partial charge in [-0.05, 0) is 31.1 Å². The second-order valence-corrected chi connectivity index (χ2v) is 9.78. The number of nitrogens with zero attached hydrogens (tertiary/aromatic N) is 2. The molecule has 6 atom stereocenters. The summed E-state index contributed by atoms with van der Waals surface area (Å²) in [6.45, 7) is 10.9. The third-order valence-electron chi connectivity index (χ3n) is 7.07. The molecule has 1 saturated heterocycles. The average molecular weight is 455 g/mol. The first kappa shape index (κ1) is 28.6. The summed E-state index contributed by atoms with van der Waals surface area (Å²) in [6, 6.07) is -0.292. The monoisotopic (exact) mass is 454 g/mol. The lowest BCUT2D eigenvalue weighted by Crippen LogP contribution is -2.52. The van der Waals surface area contributed by atoms with E-state index in [-0.39, 0.29) is 48.3 Å². The van der Waals surface area contributed by atoms with Gasteiger partial charge in [-0.2, -0.15) is 0 Å². The van der Waals surface area contributed by atoms with Gasteiger partial charge < -0.3 is 24.1 Å². The van der Waals surface area contributed by atoms with Crippen LogP contribution in [0.3, 0.4) is 0 Å². The summed E-state index contributed by atoms with van der Waals surface area (Å²) in [5.41, 5.74) is 0. The Morgan fingerprint density at radius 3 is 2.31 bits per heavy atom. The first-order valence-corrected chi connectivity index (χ1v) is 12.2. The molecule has 0 aromatic heterocycles. The lowest BCUT2D eigenvalue weighted by Gasteiger charge is -2.39. The fourth-order valence-electron chi connectivity index (χ4n) is 4.87. The molecule has 6 unspecified atom stereocenters. The molecule has 1 fully saturated rings. The molecule has 32 heavy (non-hydrogen) atoms. The van der Waals surface area contributed by atoms with Crippen molar-refractivity contribution < 1.29 is 23.9 Å². The van der Waals surface area contributed by atoms with E-state index in [0.29, 0.717) is 18.9 Å². The highest BCUT2D eigenvalue weighted by Gasteiger charge is 2.40. The summed E-state index contributed by atoms with van der Waals surface area (Å²) in [5.74, 6) is 0.461. The Morgan fingerprint density at radius 1 is 1.16 bits per heavy atom. The quantitative estimate of drug-likeness (QED) is 0.375. The zero-order valence-corrected chi connectivity index (χ0v) is 21.5. The van der Waals surface area contributed by atoms with Gasteiger partial charge in [-0.15, -0.1) is 0 Å². The van der Waals surface area contributed by atoms with Crippen LogP contribution in [0.1, 0.15) is 73.1 Å². The van der Waals surface area contributed by atoms with Crippen molar-refractivity contribution in [2.75, 3.05) is 27.8 Å². The van der Waals surface area contributed by atoms with Crippen LogP contribution in [0.4, 0.5) is 0 Å². The topological polar surface area (TPSA) is 76.2 Å². The smallest absolute Gasteiger partial charge is 0.225 e. The lowest BCUT2D eigenvalue weighted by molar-refractivity contribution is -0.145. The molecule has 0 saturated carbocycles. The first-order valence-electron chi connectivity index (χ1n) is 12.2. The van der Waals surface area contributed by atoms with Crippen LogP contribution >= 0.6 is 0 Å². The molecule has 7 nitrogen and oxygen atoms in total. The van der Waals surface area contributed by atoms with Crippen molar-refractivity contribution in [1.29, 1.82) is 0 Å². The number of likely N-dealkylation sites (tertiary alicyclic amines) is 1. The highest BCUT2D eigenvalue weighted by atomic mass is 16.5. The predicted octanol–water partition coefficient (Wildman–Crippen LogP) is 3.54. The summed E-state index contributed by atoms with van der Waals surface area (Å²) < 4.78 is 11.4. The van der Waals surface area contributed by atoms with Crippen LogP contribution in [0, 0.1) is 17.8 Å². The standard InChI is InChI=1S/C25H46N2O5/c1-9-18(4)24(26(6)22(29)13-12-17(2)3)21(31-7)15-23(30)27-14-10-11-20(27)25(32-8)19(5)16-28/h16-21,24-25H,9-15H2,1-8H3. The summed E-state index contributed by atoms with van der Waals surface area (Å²) in [4.78, 5) is 41.3. The Bertz CT molecular complexity index is 597. The summed E-state index contributed by atoms with van der Waals surface area (Å²) in [7, 11) is 5.05. The van der Waals surface area contributed by atoms with Gasteiger partial charge in [0.05, 0.1) is 30.7 Å². The number of likely N-dealkylation sites (N-methyl/N-ethyl adjacent to an activating group) is 1. The van der Waals surface area contributed by atoms with E-state index in [1.54, 1.807) is 19.1 Å². The molecule has 0 spiro atoms. The fraction of sp³-hybridized carbons (Fsp3) is 0.880. The van der Waals surface area contributed by atoms with Crippen molar-refractivity contribution in [3.63, 3.8) is 0 Å². The maximum Gasteiger partial charge on any atom is 0.225 e. The SMILES string of the molecule is CCC(C)C(C(CC(=O)N1CCCC1C(OC)C(C)C=O)OC)N(C)C(=O)CCC(C)C. The molecule has 0 N–H and O–H groups in total. The number of hydrogen-bond donors (Lipinski definition) is 0. The molecule has 1 heterocycles. The Balaban J connectivity index is 3.01. The van der Waals surface area contributed by atoms with E-state index in [2.05, 4.69) is 27.7 Å². The number of rotatable bonds is 14. The van der Waals surface area contributed by atoms with Crippen LogP contribution in [0.2, 0.25) is 0 Å². The van der Waals surface area contributed by atoms with Gasteiger partial charge in [0, 0.05) is 40.2 Å². The van der Waals surface area contributed by atoms with E-state index < -0.39 is 6.10 Å². The summed E-state index contributed by atoms with van der Waals surface area (Å²) in [6.07, 6.45) is 4.33. The molecule has 186 valence electrons. The van der Waals surface area contributed by atoms with Gasteiger partial charge in [-0.25, -0.2) is 0 Å². The molecule has 0 radical (unpaired) electrons. The molecule has 1 aliphatic rings. The number of aldehydes is 1. The van der Waals surface area contributed by atoms with E-state index >= 15 is 0 Å². The van der Waals surface area contributed by atoms with Crippen LogP contribution in [0.5, 0.6) is 0 Å². The van der Waals surface area contributed by atoms with E-state index in [9.17, 15) is 14.4 Å². The minimum absolute atomic E-state index is 0.00386. The van der Waals surface area contributed by atoms with Crippen molar-refractivity contribution in [3.8, 4) is 0 Å². The third-order valence-corrected chi connectivity index (χ3v) is 7.07. The highest BCUT2D eigenvalue weighted by Crippen LogP contribution is 2.28. The molecular formula is C25H46N2O5. The van der Waals surface area contributed by atoms with E-state index in [4.69, 9.17) is 9.47 Å². The molecule has 1 rings (SSSR count). The van der Waals surface area contributed by atoms with Crippen LogP contribution in [-0.2, 0) is 23.9 Å². The molecule has 1 aliphatic heterocycles. The van der Waals surface area contributed by atoms with Gasteiger partial charge in [0.15, 0.2) is 0 Å². The predicted molar refractivity (Wildman–Crippen MR) is 126 cm³/mol. The van der Waals surface area contributed by atoms with Crippen molar-refractivity contribution >= 4 is 18.1 Å². The van der Waals surface area contributed by atoms with E-state index in [1.165, 1.54) is 0 Å². The average Bonchev–Trinajstić information content (AvgIpc) is 3.26. The fourth-order valence-corrected chi connectivity index (χ4v) is 4.87. The van der Waals surface area contributed by atoms with Gasteiger partial charge in [-0.3, -0.25) is 9.59 Å². The van der Waals surface area contributed by atoms with Crippen LogP contribution < -0.4 is 0 Å². The normalized spacial score (nSPS) is 21.2. The maximum absolute atomic E-state index is 13.4. The Labute approximate surface area is 195 Å². The summed E-state index contributed by atoms with van der Waals surface area (Å²) in [5, 5.41) is 0. The molecule has 0 aromatic carbocycles. The zero-order valence-electron chi connectivity index (χ0n) is 21.5. The van der Waals surface area contributed by atoms with Crippen LogP contribution in [0.15, 0.2) is 0 Å². The van der Waals surface area contributed by atoms with Crippen LogP contribution in [0.25, 0.3) is 0 Å². The Hall–Kier alpha value is -1.47. The molecular weight excluding hydrogens is 408 g/mol. The third kappa shape index (κ3) is 7.55. The maximum atomic E-state index is 13.4. The number of carbonyl (C=O) groups is 3. The molecule has 2 amide bonds. The van der Waals surface area contributed by atoms with Crippen molar-refractivity contribution in [3.05, 3.63) is 0 Å². The summed E-state index contributed by atoms with van der Waals surface area (Å²) >= 11 is 0. The number of amides is 2. The Kier molecular flexibility index (Phi) is 12.4.